The Bertz CT molecular complexity index is 196. The van der Waals surface area contributed by atoms with Crippen molar-refractivity contribution >= 4 is 10.0 Å². The normalized spacial score (nSPS) is 15.4. The lowest BCUT2D eigenvalue weighted by molar-refractivity contribution is 0.465. The molecule has 0 saturated heterocycles. The lowest BCUT2D eigenvalue weighted by atomic mass is 10.0. The highest BCUT2D eigenvalue weighted by molar-refractivity contribution is 7.89. The van der Waals surface area contributed by atoms with Gasteiger partial charge in [-0.2, -0.15) is 0 Å². The lowest BCUT2D eigenvalue weighted by Gasteiger charge is -2.11. The van der Waals surface area contributed by atoms with Crippen LogP contribution in [0.3, 0.4) is 0 Å². The van der Waals surface area contributed by atoms with E-state index in [9.17, 15) is 8.42 Å². The summed E-state index contributed by atoms with van der Waals surface area (Å²) in [6, 6.07) is 0. The molecule has 0 fully saturated rings. The molecule has 2 N–H and O–H groups in total. The largest absolute Gasteiger partial charge is 0.229 e. The fourth-order valence-electron chi connectivity index (χ4n) is 1.27. The van der Waals surface area contributed by atoms with Crippen molar-refractivity contribution in [2.24, 2.45) is 17.0 Å². The highest BCUT2D eigenvalue weighted by Gasteiger charge is 2.11. The van der Waals surface area contributed by atoms with E-state index in [0.29, 0.717) is 5.92 Å². The van der Waals surface area contributed by atoms with Crippen molar-refractivity contribution in [2.75, 3.05) is 5.75 Å². The Kier molecular flexibility index (Phi) is 4.03. The maximum absolute atomic E-state index is 10.6. The first kappa shape index (κ1) is 10.9. The van der Waals surface area contributed by atoms with Gasteiger partial charge < -0.3 is 0 Å². The first-order valence-electron chi connectivity index (χ1n) is 3.81. The summed E-state index contributed by atoms with van der Waals surface area (Å²) in [5.74, 6) is 0.808. The summed E-state index contributed by atoms with van der Waals surface area (Å²) in [5, 5.41) is 4.88. The summed E-state index contributed by atoms with van der Waals surface area (Å²) in [6.07, 6.45) is 0.913. The Morgan fingerprint density at radius 1 is 1.27 bits per heavy atom. The van der Waals surface area contributed by atoms with Crippen LogP contribution in [0.5, 0.6) is 0 Å². The molecule has 0 aliphatic heterocycles. The van der Waals surface area contributed by atoms with Gasteiger partial charge in [0.2, 0.25) is 10.0 Å². The van der Waals surface area contributed by atoms with Crippen molar-refractivity contribution in [3.8, 4) is 0 Å². The predicted molar refractivity (Wildman–Crippen MR) is 46.6 cm³/mol. The molecule has 1 unspecified atom stereocenters. The molecule has 3 nitrogen and oxygen atoms in total. The van der Waals surface area contributed by atoms with Gasteiger partial charge >= 0.3 is 0 Å². The van der Waals surface area contributed by atoms with Gasteiger partial charge in [0.25, 0.3) is 0 Å². The van der Waals surface area contributed by atoms with E-state index in [0.717, 1.165) is 6.42 Å². The average Bonchev–Trinajstić information content (AvgIpc) is 1.53. The van der Waals surface area contributed by atoms with E-state index < -0.39 is 10.0 Å². The molecular weight excluding hydrogens is 162 g/mol. The van der Waals surface area contributed by atoms with Crippen LogP contribution in [0.1, 0.15) is 27.2 Å². The van der Waals surface area contributed by atoms with Gasteiger partial charge in [0.15, 0.2) is 0 Å². The Morgan fingerprint density at radius 2 is 1.73 bits per heavy atom. The van der Waals surface area contributed by atoms with Crippen LogP contribution >= 0.6 is 0 Å². The second-order valence-electron chi connectivity index (χ2n) is 3.56. The summed E-state index contributed by atoms with van der Waals surface area (Å²) in [6.45, 7) is 6.05. The van der Waals surface area contributed by atoms with Gasteiger partial charge in [0, 0.05) is 0 Å². The molecule has 4 heteroatoms. The van der Waals surface area contributed by atoms with Gasteiger partial charge in [-0.1, -0.05) is 20.8 Å². The lowest BCUT2D eigenvalue weighted by Crippen LogP contribution is -2.22. The van der Waals surface area contributed by atoms with Crippen LogP contribution in [0.15, 0.2) is 0 Å². The molecule has 0 aliphatic carbocycles. The smallest absolute Gasteiger partial charge is 0.209 e. The number of rotatable bonds is 4. The number of sulfonamides is 1. The fraction of sp³-hybridized carbons (Fsp3) is 1.00. The third-order valence-electron chi connectivity index (χ3n) is 1.39. The SMILES string of the molecule is CC(C)CC(C)CS(N)(=O)=O. The van der Waals surface area contributed by atoms with Crippen molar-refractivity contribution in [1.82, 2.24) is 0 Å². The second-order valence-corrected chi connectivity index (χ2v) is 5.22. The zero-order chi connectivity index (χ0) is 9.07. The minimum absolute atomic E-state index is 0.102. The molecule has 0 saturated carbocycles. The molecular formula is C7H17NO2S. The van der Waals surface area contributed by atoms with Crippen molar-refractivity contribution in [2.45, 2.75) is 27.2 Å². The van der Waals surface area contributed by atoms with E-state index >= 15 is 0 Å². The van der Waals surface area contributed by atoms with Gasteiger partial charge in [-0.25, -0.2) is 13.6 Å². The fourth-order valence-corrected chi connectivity index (χ4v) is 2.20. The molecule has 0 aromatic heterocycles. The van der Waals surface area contributed by atoms with E-state index in [-0.39, 0.29) is 11.7 Å². The molecule has 0 spiro atoms. The van der Waals surface area contributed by atoms with Crippen LogP contribution in [0.4, 0.5) is 0 Å². The summed E-state index contributed by atoms with van der Waals surface area (Å²) in [5.41, 5.74) is 0. The second kappa shape index (κ2) is 4.07. The van der Waals surface area contributed by atoms with E-state index in [1.165, 1.54) is 0 Å². The van der Waals surface area contributed by atoms with Crippen LogP contribution in [-0.4, -0.2) is 14.2 Å². The van der Waals surface area contributed by atoms with Crippen molar-refractivity contribution in [1.29, 1.82) is 0 Å². The molecule has 0 bridgehead atoms. The summed E-state index contributed by atoms with van der Waals surface area (Å²) >= 11 is 0. The third-order valence-corrected chi connectivity index (χ3v) is 2.42. The Hall–Kier alpha value is -0.0900. The molecule has 0 aliphatic rings. The summed E-state index contributed by atoms with van der Waals surface area (Å²) in [4.78, 5) is 0. The molecule has 0 aromatic rings. The van der Waals surface area contributed by atoms with Crippen LogP contribution in [0.2, 0.25) is 0 Å². The van der Waals surface area contributed by atoms with Gasteiger partial charge in [0.1, 0.15) is 0 Å². The molecule has 0 radical (unpaired) electrons. The quantitative estimate of drug-likeness (QED) is 0.698. The van der Waals surface area contributed by atoms with E-state index in [2.05, 4.69) is 13.8 Å². The van der Waals surface area contributed by atoms with Crippen LogP contribution in [-0.2, 0) is 10.0 Å². The number of nitrogens with two attached hydrogens (primary N) is 1. The first-order valence-corrected chi connectivity index (χ1v) is 5.53. The number of primary sulfonamides is 1. The van der Waals surface area contributed by atoms with Crippen LogP contribution in [0.25, 0.3) is 0 Å². The van der Waals surface area contributed by atoms with Crippen LogP contribution < -0.4 is 5.14 Å². The molecule has 0 amide bonds. The Labute approximate surface area is 69.0 Å². The molecule has 68 valence electrons. The number of hydrogen-bond donors (Lipinski definition) is 1. The van der Waals surface area contributed by atoms with Gasteiger partial charge in [-0.3, -0.25) is 0 Å². The molecule has 11 heavy (non-hydrogen) atoms. The minimum Gasteiger partial charge on any atom is -0.229 e. The van der Waals surface area contributed by atoms with E-state index in [4.69, 9.17) is 5.14 Å². The number of hydrogen-bond acceptors (Lipinski definition) is 2. The third kappa shape index (κ3) is 7.81. The monoisotopic (exact) mass is 179 g/mol. The molecule has 0 rings (SSSR count). The van der Waals surface area contributed by atoms with Crippen molar-refractivity contribution < 1.29 is 8.42 Å². The van der Waals surface area contributed by atoms with Gasteiger partial charge in [-0.05, 0) is 18.3 Å². The highest BCUT2D eigenvalue weighted by Crippen LogP contribution is 2.11. The molecule has 1 atom stereocenters. The summed E-state index contributed by atoms with van der Waals surface area (Å²) < 4.78 is 21.2. The molecule has 0 aromatic carbocycles. The Morgan fingerprint density at radius 3 is 2.00 bits per heavy atom. The molecule has 0 heterocycles. The van der Waals surface area contributed by atoms with E-state index in [1.54, 1.807) is 0 Å². The standard InChI is InChI=1S/C7H17NO2S/c1-6(2)4-7(3)5-11(8,9)10/h6-7H,4-5H2,1-3H3,(H2,8,9,10). The van der Waals surface area contributed by atoms with Crippen molar-refractivity contribution in [3.63, 3.8) is 0 Å². The topological polar surface area (TPSA) is 60.2 Å². The first-order chi connectivity index (χ1) is 4.81. The average molecular weight is 179 g/mol. The zero-order valence-electron chi connectivity index (χ0n) is 7.37. The van der Waals surface area contributed by atoms with Gasteiger partial charge in [0.05, 0.1) is 5.75 Å². The Balaban J connectivity index is 3.80. The predicted octanol–water partition coefficient (Wildman–Crippen LogP) is 0.957. The maximum Gasteiger partial charge on any atom is 0.209 e. The minimum atomic E-state index is -3.27. The van der Waals surface area contributed by atoms with Gasteiger partial charge in [-0.15, -0.1) is 0 Å². The summed E-state index contributed by atoms with van der Waals surface area (Å²) in [7, 11) is -3.27. The van der Waals surface area contributed by atoms with E-state index in [1.807, 2.05) is 6.92 Å². The zero-order valence-corrected chi connectivity index (χ0v) is 8.19. The maximum atomic E-state index is 10.6. The van der Waals surface area contributed by atoms with Crippen molar-refractivity contribution in [3.05, 3.63) is 0 Å². The highest BCUT2D eigenvalue weighted by atomic mass is 32.2. The van der Waals surface area contributed by atoms with Crippen LogP contribution in [0, 0.1) is 11.8 Å².